The molecular weight excluding hydrogens is 470 g/mol. The van der Waals surface area contributed by atoms with Crippen molar-refractivity contribution in [3.8, 4) is 0 Å². The van der Waals surface area contributed by atoms with Crippen molar-refractivity contribution in [1.29, 1.82) is 0 Å². The first-order valence-corrected chi connectivity index (χ1v) is 11.6. The summed E-state index contributed by atoms with van der Waals surface area (Å²) < 4.78 is 10.9. The molecular formula is C22H29BCl2N2O6. The molecule has 0 unspecified atom stereocenters. The van der Waals surface area contributed by atoms with Crippen molar-refractivity contribution in [2.75, 3.05) is 20.1 Å². The summed E-state index contributed by atoms with van der Waals surface area (Å²) in [5, 5.41) is 3.09. The third-order valence-electron chi connectivity index (χ3n) is 5.36. The smallest absolute Gasteiger partial charge is 0.499 e. The highest BCUT2D eigenvalue weighted by Crippen LogP contribution is 2.28. The predicted octanol–water partition coefficient (Wildman–Crippen LogP) is 3.40. The second-order valence-corrected chi connectivity index (χ2v) is 9.60. The molecule has 0 radical (unpaired) electrons. The van der Waals surface area contributed by atoms with Crippen molar-refractivity contribution >= 4 is 53.9 Å². The Hall–Kier alpha value is -2.10. The van der Waals surface area contributed by atoms with Crippen molar-refractivity contribution in [3.05, 3.63) is 33.8 Å². The second-order valence-electron chi connectivity index (χ2n) is 8.76. The van der Waals surface area contributed by atoms with Gasteiger partial charge in [-0.25, -0.2) is 0 Å². The topological polar surface area (TPSA) is 102 Å². The highest BCUT2D eigenvalue weighted by Gasteiger charge is 2.40. The number of ketones is 1. The molecule has 11 heteroatoms. The molecule has 0 aliphatic carbocycles. The summed E-state index contributed by atoms with van der Waals surface area (Å²) >= 11 is 11.9. The maximum Gasteiger partial charge on any atom is 0.602 e. The van der Waals surface area contributed by atoms with E-state index in [1.54, 1.807) is 18.0 Å². The van der Waals surface area contributed by atoms with Crippen molar-refractivity contribution < 1.29 is 28.5 Å². The maximum atomic E-state index is 12.7. The fourth-order valence-electron chi connectivity index (χ4n) is 3.52. The SMILES string of the molecule is CC(C)C[C@H](CC(=O)CNC(=O)c1cc(Cl)ccc1Cl)B1OC(=O)C[C@H](C)N(C)CC(=O)O1. The van der Waals surface area contributed by atoms with E-state index in [0.717, 1.165) is 0 Å². The standard InChI is InChI=1S/C22H29BCl2N2O6/c1-13(2)7-15(23-32-20(29)8-14(3)27(4)12-21(30)33-23)9-17(28)11-26-22(31)18-10-16(24)5-6-19(18)25/h5-6,10,13-15H,7-9,11-12H2,1-4H3,(H,26,31)/t14-,15+/m0/s1. The minimum Gasteiger partial charge on any atom is -0.499 e. The third kappa shape index (κ3) is 8.64. The minimum atomic E-state index is -1.17. The summed E-state index contributed by atoms with van der Waals surface area (Å²) in [6.45, 7) is 5.47. The Morgan fingerprint density at radius 1 is 1.21 bits per heavy atom. The van der Waals surface area contributed by atoms with E-state index in [1.165, 1.54) is 12.1 Å². The Morgan fingerprint density at radius 2 is 1.88 bits per heavy atom. The molecule has 1 aromatic carbocycles. The molecule has 1 aliphatic heterocycles. The summed E-state index contributed by atoms with van der Waals surface area (Å²) in [4.78, 5) is 51.5. The number of nitrogens with zero attached hydrogens (tertiary/aromatic N) is 1. The third-order valence-corrected chi connectivity index (χ3v) is 5.92. The molecule has 1 amide bonds. The Kier molecular flexibility index (Phi) is 10.2. The van der Waals surface area contributed by atoms with Crippen LogP contribution in [0.4, 0.5) is 0 Å². The molecule has 0 spiro atoms. The average Bonchev–Trinajstić information content (AvgIpc) is 2.76. The summed E-state index contributed by atoms with van der Waals surface area (Å²) in [7, 11) is 0.553. The lowest BCUT2D eigenvalue weighted by atomic mass is 9.65. The van der Waals surface area contributed by atoms with Gasteiger partial charge >= 0.3 is 13.1 Å². The molecule has 1 aliphatic rings. The van der Waals surface area contributed by atoms with Gasteiger partial charge in [0, 0.05) is 23.3 Å². The number of nitrogens with one attached hydrogen (secondary N) is 1. The number of hydrogen-bond acceptors (Lipinski definition) is 7. The number of carbonyl (C=O) groups is 4. The van der Waals surface area contributed by atoms with Gasteiger partial charge in [0.05, 0.1) is 30.1 Å². The molecule has 1 aromatic rings. The first-order valence-electron chi connectivity index (χ1n) is 10.8. The number of carbonyl (C=O) groups excluding carboxylic acids is 4. The highest BCUT2D eigenvalue weighted by atomic mass is 35.5. The van der Waals surface area contributed by atoms with E-state index in [2.05, 4.69) is 5.32 Å². The molecule has 0 aromatic heterocycles. The van der Waals surface area contributed by atoms with E-state index in [4.69, 9.17) is 32.5 Å². The van der Waals surface area contributed by atoms with Crippen LogP contribution in [0.25, 0.3) is 0 Å². The second kappa shape index (κ2) is 12.4. The lowest BCUT2D eigenvalue weighted by Gasteiger charge is -2.23. The molecule has 0 saturated carbocycles. The Labute approximate surface area is 204 Å². The first-order chi connectivity index (χ1) is 15.5. The van der Waals surface area contributed by atoms with Gasteiger partial charge in [0.25, 0.3) is 11.9 Å². The van der Waals surface area contributed by atoms with Crippen molar-refractivity contribution in [1.82, 2.24) is 10.2 Å². The van der Waals surface area contributed by atoms with Crippen LogP contribution in [0.3, 0.4) is 0 Å². The fraction of sp³-hybridized carbons (Fsp3) is 0.545. The van der Waals surface area contributed by atoms with Gasteiger partial charge in [-0.1, -0.05) is 37.0 Å². The van der Waals surface area contributed by atoms with Gasteiger partial charge in [-0.3, -0.25) is 24.1 Å². The Bertz CT molecular complexity index is 874. The Balaban J connectivity index is 2.08. The van der Waals surface area contributed by atoms with Gasteiger partial charge in [-0.15, -0.1) is 0 Å². The van der Waals surface area contributed by atoms with E-state index in [9.17, 15) is 19.2 Å². The maximum absolute atomic E-state index is 12.7. The van der Waals surface area contributed by atoms with Gasteiger partial charge in [0.2, 0.25) is 0 Å². The zero-order chi connectivity index (χ0) is 24.7. The monoisotopic (exact) mass is 498 g/mol. The van der Waals surface area contributed by atoms with Crippen molar-refractivity contribution in [2.45, 2.75) is 51.9 Å². The van der Waals surface area contributed by atoms with Crippen LogP contribution in [-0.2, 0) is 23.7 Å². The van der Waals surface area contributed by atoms with Crippen LogP contribution in [0.1, 0.15) is 50.4 Å². The molecule has 8 nitrogen and oxygen atoms in total. The van der Waals surface area contributed by atoms with Crippen LogP contribution in [0.2, 0.25) is 15.9 Å². The quantitative estimate of drug-likeness (QED) is 0.548. The number of benzene rings is 1. The number of halogens is 2. The summed E-state index contributed by atoms with van der Waals surface area (Å²) in [6, 6.07) is 4.28. The molecule has 33 heavy (non-hydrogen) atoms. The lowest BCUT2D eigenvalue weighted by molar-refractivity contribution is -0.139. The molecule has 1 N–H and O–H groups in total. The summed E-state index contributed by atoms with van der Waals surface area (Å²) in [6.07, 6.45) is 0.539. The van der Waals surface area contributed by atoms with E-state index in [-0.39, 0.29) is 54.3 Å². The number of likely N-dealkylation sites (N-methyl/N-ethyl adjacent to an activating group) is 1. The van der Waals surface area contributed by atoms with Gasteiger partial charge in [0.1, 0.15) is 0 Å². The molecule has 2 rings (SSSR count). The van der Waals surface area contributed by atoms with E-state index < -0.39 is 30.8 Å². The van der Waals surface area contributed by atoms with Crippen molar-refractivity contribution in [3.63, 3.8) is 0 Å². The van der Waals surface area contributed by atoms with E-state index in [1.807, 2.05) is 20.8 Å². The predicted molar refractivity (Wildman–Crippen MR) is 126 cm³/mol. The number of Topliss-reactive ketones (excluding diaryl/α,β-unsaturated/α-hetero) is 1. The number of rotatable bonds is 8. The molecule has 0 bridgehead atoms. The number of amides is 1. The Morgan fingerprint density at radius 3 is 2.55 bits per heavy atom. The minimum absolute atomic E-state index is 0.00705. The van der Waals surface area contributed by atoms with Crippen LogP contribution in [0.15, 0.2) is 18.2 Å². The number of hydrogen-bond donors (Lipinski definition) is 1. The van der Waals surface area contributed by atoms with Crippen LogP contribution >= 0.6 is 23.2 Å². The molecule has 1 heterocycles. The lowest BCUT2D eigenvalue weighted by Crippen LogP contribution is -2.38. The van der Waals surface area contributed by atoms with Crippen molar-refractivity contribution in [2.24, 2.45) is 5.92 Å². The highest BCUT2D eigenvalue weighted by molar-refractivity contribution is 6.51. The van der Waals surface area contributed by atoms with Gasteiger partial charge < -0.3 is 14.6 Å². The fourth-order valence-corrected chi connectivity index (χ4v) is 3.90. The normalized spacial score (nSPS) is 18.6. The van der Waals surface area contributed by atoms with Gasteiger partial charge in [0.15, 0.2) is 5.78 Å². The zero-order valence-corrected chi connectivity index (χ0v) is 20.7. The van der Waals surface area contributed by atoms with Crippen LogP contribution in [-0.4, -0.2) is 61.8 Å². The van der Waals surface area contributed by atoms with E-state index in [0.29, 0.717) is 11.4 Å². The van der Waals surface area contributed by atoms with Crippen LogP contribution in [0, 0.1) is 5.92 Å². The van der Waals surface area contributed by atoms with E-state index >= 15 is 0 Å². The largest absolute Gasteiger partial charge is 0.602 e. The van der Waals surface area contributed by atoms with Gasteiger partial charge in [-0.2, -0.15) is 0 Å². The zero-order valence-electron chi connectivity index (χ0n) is 19.2. The van der Waals surface area contributed by atoms with Crippen LogP contribution in [0.5, 0.6) is 0 Å². The summed E-state index contributed by atoms with van der Waals surface area (Å²) in [5.74, 6) is -2.27. The average molecular weight is 499 g/mol. The molecule has 2 atom stereocenters. The first kappa shape index (κ1) is 27.2. The summed E-state index contributed by atoms with van der Waals surface area (Å²) in [5.41, 5.74) is 0.160. The molecule has 180 valence electrons. The van der Waals surface area contributed by atoms with Crippen LogP contribution < -0.4 is 5.32 Å². The van der Waals surface area contributed by atoms with Gasteiger partial charge in [-0.05, 0) is 44.5 Å². The molecule has 1 saturated heterocycles. The molecule has 1 fully saturated rings.